The first kappa shape index (κ1) is 21.4. The third-order valence-corrected chi connectivity index (χ3v) is 5.87. The van der Waals surface area contributed by atoms with Gasteiger partial charge in [-0.25, -0.2) is 0 Å². The van der Waals surface area contributed by atoms with Crippen LogP contribution >= 0.6 is 23.4 Å². The van der Waals surface area contributed by atoms with E-state index in [4.69, 9.17) is 21.3 Å². The number of nitrogens with one attached hydrogen (secondary N) is 2. The minimum Gasteiger partial charge on any atom is -0.381 e. The number of guanidine groups is 1. The van der Waals surface area contributed by atoms with E-state index >= 15 is 0 Å². The summed E-state index contributed by atoms with van der Waals surface area (Å²) in [7, 11) is 0. The van der Waals surface area contributed by atoms with Crippen LogP contribution in [0.25, 0.3) is 0 Å². The number of ether oxygens (including phenoxy) is 1. The summed E-state index contributed by atoms with van der Waals surface area (Å²) in [5.74, 6) is 2.11. The lowest BCUT2D eigenvalue weighted by Gasteiger charge is -2.37. The summed E-state index contributed by atoms with van der Waals surface area (Å²) >= 11 is 8.43. The Morgan fingerprint density at radius 3 is 2.69 bits per heavy atom. The van der Waals surface area contributed by atoms with Crippen LogP contribution in [0.1, 0.15) is 38.2 Å². The molecule has 1 heterocycles. The minimum atomic E-state index is -0.0439. The second kappa shape index (κ2) is 11.7. The van der Waals surface area contributed by atoms with Crippen LogP contribution in [0.15, 0.2) is 29.3 Å². The van der Waals surface area contributed by atoms with Crippen molar-refractivity contribution >= 4 is 29.3 Å². The summed E-state index contributed by atoms with van der Waals surface area (Å²) in [6.07, 6.45) is 6.45. The van der Waals surface area contributed by atoms with Crippen molar-refractivity contribution in [2.45, 2.75) is 38.0 Å². The van der Waals surface area contributed by atoms with Crippen LogP contribution in [-0.2, 0) is 10.2 Å². The SMILES string of the molecule is CCNC(=NCC1(c2ccccc2Cl)CCOCC1)NCCCCSC. The van der Waals surface area contributed by atoms with Crippen LogP contribution in [0.2, 0.25) is 5.02 Å². The van der Waals surface area contributed by atoms with E-state index in [2.05, 4.69) is 35.9 Å². The molecule has 6 heteroatoms. The molecule has 26 heavy (non-hydrogen) atoms. The van der Waals surface area contributed by atoms with Gasteiger partial charge in [-0.3, -0.25) is 4.99 Å². The standard InChI is InChI=1S/C20H32ClN3OS/c1-3-22-19(23-12-6-7-15-26-2)24-16-20(10-13-25-14-11-20)17-8-4-5-9-18(17)21/h4-5,8-9H,3,6-7,10-16H2,1-2H3,(H2,22,23,24). The molecule has 1 fully saturated rings. The van der Waals surface area contributed by atoms with Crippen LogP contribution in [0, 0.1) is 0 Å². The molecule has 1 aromatic rings. The lowest BCUT2D eigenvalue weighted by molar-refractivity contribution is 0.0531. The molecule has 0 unspecified atom stereocenters. The van der Waals surface area contributed by atoms with Gasteiger partial charge >= 0.3 is 0 Å². The zero-order valence-electron chi connectivity index (χ0n) is 16.0. The fourth-order valence-corrected chi connectivity index (χ4v) is 4.15. The Morgan fingerprint density at radius 1 is 1.23 bits per heavy atom. The minimum absolute atomic E-state index is 0.0439. The van der Waals surface area contributed by atoms with E-state index in [-0.39, 0.29) is 5.41 Å². The molecule has 0 radical (unpaired) electrons. The molecule has 0 bridgehead atoms. The summed E-state index contributed by atoms with van der Waals surface area (Å²) in [5, 5.41) is 7.67. The molecule has 0 amide bonds. The van der Waals surface area contributed by atoms with Crippen molar-refractivity contribution in [2.24, 2.45) is 4.99 Å². The van der Waals surface area contributed by atoms with Gasteiger partial charge in [0.2, 0.25) is 0 Å². The molecular weight excluding hydrogens is 366 g/mol. The lowest BCUT2D eigenvalue weighted by atomic mass is 9.74. The van der Waals surface area contributed by atoms with Gasteiger partial charge < -0.3 is 15.4 Å². The van der Waals surface area contributed by atoms with Crippen LogP contribution in [0.3, 0.4) is 0 Å². The summed E-state index contributed by atoms with van der Waals surface area (Å²) in [6, 6.07) is 8.18. The normalized spacial score (nSPS) is 17.1. The smallest absolute Gasteiger partial charge is 0.191 e. The van der Waals surface area contributed by atoms with Gasteiger partial charge in [0, 0.05) is 36.7 Å². The first-order valence-electron chi connectivity index (χ1n) is 9.56. The highest BCUT2D eigenvalue weighted by Gasteiger charge is 2.36. The molecule has 146 valence electrons. The van der Waals surface area contributed by atoms with Crippen molar-refractivity contribution in [3.05, 3.63) is 34.9 Å². The maximum Gasteiger partial charge on any atom is 0.191 e. The van der Waals surface area contributed by atoms with Crippen molar-refractivity contribution in [3.63, 3.8) is 0 Å². The molecular formula is C20H32ClN3OS. The molecule has 0 spiro atoms. The van der Waals surface area contributed by atoms with Gasteiger partial charge in [-0.1, -0.05) is 29.8 Å². The largest absolute Gasteiger partial charge is 0.381 e. The molecule has 1 aliphatic rings. The molecule has 2 N–H and O–H groups in total. The molecule has 0 atom stereocenters. The van der Waals surface area contributed by atoms with Crippen LogP contribution in [-0.4, -0.2) is 50.8 Å². The Morgan fingerprint density at radius 2 is 2.00 bits per heavy atom. The van der Waals surface area contributed by atoms with E-state index in [9.17, 15) is 0 Å². The third kappa shape index (κ3) is 6.36. The van der Waals surface area contributed by atoms with E-state index in [1.165, 1.54) is 17.7 Å². The average molecular weight is 398 g/mol. The van der Waals surface area contributed by atoms with Gasteiger partial charge in [-0.05, 0) is 56.2 Å². The quantitative estimate of drug-likeness (QED) is 0.374. The van der Waals surface area contributed by atoms with Gasteiger partial charge in [0.15, 0.2) is 5.96 Å². The predicted octanol–water partition coefficient (Wildman–Crippen LogP) is 4.09. The summed E-state index contributed by atoms with van der Waals surface area (Å²) < 4.78 is 5.62. The summed E-state index contributed by atoms with van der Waals surface area (Å²) in [6.45, 7) is 6.16. The number of aliphatic imine (C=N–C) groups is 1. The average Bonchev–Trinajstić information content (AvgIpc) is 2.67. The number of hydrogen-bond donors (Lipinski definition) is 2. The zero-order valence-corrected chi connectivity index (χ0v) is 17.6. The number of nitrogens with zero attached hydrogens (tertiary/aromatic N) is 1. The zero-order chi connectivity index (χ0) is 18.7. The van der Waals surface area contributed by atoms with Crippen molar-refractivity contribution in [1.29, 1.82) is 0 Å². The van der Waals surface area contributed by atoms with Gasteiger partial charge in [-0.15, -0.1) is 0 Å². The number of benzene rings is 1. The fourth-order valence-electron chi connectivity index (χ4n) is 3.32. The highest BCUT2D eigenvalue weighted by molar-refractivity contribution is 7.98. The van der Waals surface area contributed by atoms with Crippen molar-refractivity contribution in [2.75, 3.05) is 44.9 Å². The Hall–Kier alpha value is -0.910. The number of thioether (sulfide) groups is 1. The molecule has 4 nitrogen and oxygen atoms in total. The van der Waals surface area contributed by atoms with Crippen molar-refractivity contribution in [3.8, 4) is 0 Å². The van der Waals surface area contributed by atoms with Gasteiger partial charge in [-0.2, -0.15) is 11.8 Å². The molecule has 0 aliphatic carbocycles. The molecule has 1 aromatic carbocycles. The van der Waals surface area contributed by atoms with Gasteiger partial charge in [0.1, 0.15) is 0 Å². The topological polar surface area (TPSA) is 45.7 Å². The number of hydrogen-bond acceptors (Lipinski definition) is 3. The van der Waals surface area contributed by atoms with Crippen LogP contribution < -0.4 is 10.6 Å². The molecule has 2 rings (SSSR count). The monoisotopic (exact) mass is 397 g/mol. The van der Waals surface area contributed by atoms with E-state index < -0.39 is 0 Å². The Kier molecular flexibility index (Phi) is 9.65. The maximum atomic E-state index is 6.53. The summed E-state index contributed by atoms with van der Waals surface area (Å²) in [4.78, 5) is 4.92. The fraction of sp³-hybridized carbons (Fsp3) is 0.650. The first-order valence-corrected chi connectivity index (χ1v) is 11.3. The molecule has 1 saturated heterocycles. The van der Waals surface area contributed by atoms with Crippen LogP contribution in [0.5, 0.6) is 0 Å². The Balaban J connectivity index is 2.07. The molecule has 0 saturated carbocycles. The lowest BCUT2D eigenvalue weighted by Crippen LogP contribution is -2.41. The van der Waals surface area contributed by atoms with Gasteiger partial charge in [0.05, 0.1) is 6.54 Å². The Bertz CT molecular complexity index is 562. The Labute approximate surface area is 167 Å². The van der Waals surface area contributed by atoms with Crippen LogP contribution in [0.4, 0.5) is 0 Å². The highest BCUT2D eigenvalue weighted by atomic mass is 35.5. The summed E-state index contributed by atoms with van der Waals surface area (Å²) in [5.41, 5.74) is 1.15. The van der Waals surface area contributed by atoms with Crippen molar-refractivity contribution in [1.82, 2.24) is 10.6 Å². The number of halogens is 1. The second-order valence-corrected chi connectivity index (χ2v) is 8.09. The predicted molar refractivity (Wildman–Crippen MR) is 115 cm³/mol. The van der Waals surface area contributed by atoms with E-state index in [0.717, 1.165) is 63.1 Å². The van der Waals surface area contributed by atoms with E-state index in [0.29, 0.717) is 0 Å². The highest BCUT2D eigenvalue weighted by Crippen LogP contribution is 2.38. The third-order valence-electron chi connectivity index (χ3n) is 4.85. The molecule has 0 aromatic heterocycles. The number of unbranched alkanes of at least 4 members (excludes halogenated alkanes) is 1. The molecule has 1 aliphatic heterocycles. The second-order valence-electron chi connectivity index (χ2n) is 6.69. The van der Waals surface area contributed by atoms with Crippen molar-refractivity contribution < 1.29 is 4.74 Å². The number of rotatable bonds is 9. The maximum absolute atomic E-state index is 6.53. The first-order chi connectivity index (χ1) is 12.7. The van der Waals surface area contributed by atoms with E-state index in [1.807, 2.05) is 23.9 Å². The van der Waals surface area contributed by atoms with Gasteiger partial charge in [0.25, 0.3) is 0 Å². The van der Waals surface area contributed by atoms with E-state index in [1.54, 1.807) is 0 Å².